The van der Waals surface area contributed by atoms with E-state index in [0.29, 0.717) is 5.69 Å². The van der Waals surface area contributed by atoms with E-state index in [0.717, 1.165) is 10.5 Å². The van der Waals surface area contributed by atoms with Gasteiger partial charge in [-0.3, -0.25) is 14.5 Å². The molecule has 1 heterocycles. The van der Waals surface area contributed by atoms with Crippen molar-refractivity contribution in [3.8, 4) is 0 Å². The molecule has 2 amide bonds. The van der Waals surface area contributed by atoms with Crippen LogP contribution in [0.4, 0.5) is 5.69 Å². The van der Waals surface area contributed by atoms with Gasteiger partial charge < -0.3 is 10.8 Å². The predicted octanol–water partition coefficient (Wildman–Crippen LogP) is 1.56. The van der Waals surface area contributed by atoms with Crippen molar-refractivity contribution in [1.82, 2.24) is 4.90 Å². The van der Waals surface area contributed by atoms with E-state index in [1.807, 2.05) is 6.07 Å². The monoisotopic (exact) mass is 310 g/mol. The van der Waals surface area contributed by atoms with E-state index in [2.05, 4.69) is 0 Å². The topological polar surface area (TPSA) is 101 Å². The van der Waals surface area contributed by atoms with Crippen molar-refractivity contribution in [2.24, 2.45) is 0 Å². The summed E-state index contributed by atoms with van der Waals surface area (Å²) >= 11 is 0. The predicted molar refractivity (Wildman–Crippen MR) is 82.9 cm³/mol. The molecule has 0 saturated heterocycles. The first kappa shape index (κ1) is 14.8. The molecular weight excluding hydrogens is 296 g/mol. The van der Waals surface area contributed by atoms with Crippen molar-refractivity contribution in [1.29, 1.82) is 0 Å². The van der Waals surface area contributed by atoms with Crippen LogP contribution in [-0.2, 0) is 11.2 Å². The Balaban J connectivity index is 1.97. The van der Waals surface area contributed by atoms with Gasteiger partial charge in [-0.1, -0.05) is 30.3 Å². The summed E-state index contributed by atoms with van der Waals surface area (Å²) in [6, 6.07) is 12.0. The maximum Gasteiger partial charge on any atom is 0.327 e. The first-order valence-electron chi connectivity index (χ1n) is 7.03. The summed E-state index contributed by atoms with van der Waals surface area (Å²) in [5.74, 6) is -2.45. The maximum atomic E-state index is 12.5. The molecule has 2 aromatic carbocycles. The van der Waals surface area contributed by atoms with Crippen LogP contribution in [0.1, 0.15) is 26.3 Å². The average molecular weight is 310 g/mol. The molecule has 0 spiro atoms. The van der Waals surface area contributed by atoms with E-state index in [-0.39, 0.29) is 17.5 Å². The number of hydrogen-bond acceptors (Lipinski definition) is 4. The summed E-state index contributed by atoms with van der Waals surface area (Å²) in [5, 5.41) is 9.49. The Morgan fingerprint density at radius 1 is 1.04 bits per heavy atom. The molecule has 0 fully saturated rings. The van der Waals surface area contributed by atoms with Gasteiger partial charge in [0.2, 0.25) is 0 Å². The number of nitrogens with zero attached hydrogens (tertiary/aromatic N) is 1. The Bertz CT molecular complexity index is 801. The lowest BCUT2D eigenvalue weighted by Gasteiger charge is -2.22. The Morgan fingerprint density at radius 2 is 1.70 bits per heavy atom. The standard InChI is InChI=1S/C17H14N2O4/c18-11-6-7-12-13(9-11)16(21)19(15(12)20)14(17(22)23)8-10-4-2-1-3-5-10/h1-7,9,14H,8,18H2,(H,22,23). The van der Waals surface area contributed by atoms with Crippen LogP contribution in [0.3, 0.4) is 0 Å². The van der Waals surface area contributed by atoms with Gasteiger partial charge in [0.1, 0.15) is 6.04 Å². The van der Waals surface area contributed by atoms with Crippen LogP contribution in [0, 0.1) is 0 Å². The third kappa shape index (κ3) is 2.55. The summed E-state index contributed by atoms with van der Waals surface area (Å²) in [6.45, 7) is 0. The third-order valence-electron chi connectivity index (χ3n) is 3.81. The van der Waals surface area contributed by atoms with Gasteiger partial charge in [-0.25, -0.2) is 4.79 Å². The van der Waals surface area contributed by atoms with Crippen LogP contribution < -0.4 is 5.73 Å². The number of amides is 2. The van der Waals surface area contributed by atoms with E-state index in [1.54, 1.807) is 24.3 Å². The molecule has 0 radical (unpaired) electrons. The van der Waals surface area contributed by atoms with Crippen LogP contribution in [0.25, 0.3) is 0 Å². The number of benzene rings is 2. The SMILES string of the molecule is Nc1ccc2c(c1)C(=O)N(C(Cc1ccccc1)C(=O)O)C2=O. The van der Waals surface area contributed by atoms with Gasteiger partial charge >= 0.3 is 5.97 Å². The van der Waals surface area contributed by atoms with Gasteiger partial charge in [-0.05, 0) is 23.8 Å². The quantitative estimate of drug-likeness (QED) is 0.659. The smallest absolute Gasteiger partial charge is 0.327 e. The number of hydrogen-bond donors (Lipinski definition) is 2. The first-order chi connectivity index (χ1) is 11.0. The maximum absolute atomic E-state index is 12.5. The van der Waals surface area contributed by atoms with Gasteiger partial charge in [0.25, 0.3) is 11.8 Å². The lowest BCUT2D eigenvalue weighted by Crippen LogP contribution is -2.46. The highest BCUT2D eigenvalue weighted by atomic mass is 16.4. The molecule has 0 aliphatic carbocycles. The number of carbonyl (C=O) groups is 3. The Kier molecular flexibility index (Phi) is 3.57. The number of imide groups is 1. The third-order valence-corrected chi connectivity index (χ3v) is 3.81. The van der Waals surface area contributed by atoms with Gasteiger partial charge in [-0.2, -0.15) is 0 Å². The molecule has 6 heteroatoms. The van der Waals surface area contributed by atoms with Gasteiger partial charge in [0.05, 0.1) is 11.1 Å². The highest BCUT2D eigenvalue weighted by Gasteiger charge is 2.42. The lowest BCUT2D eigenvalue weighted by atomic mass is 10.0. The fourth-order valence-electron chi connectivity index (χ4n) is 2.69. The van der Waals surface area contributed by atoms with Crippen molar-refractivity contribution < 1.29 is 19.5 Å². The average Bonchev–Trinajstić information content (AvgIpc) is 2.77. The minimum absolute atomic E-state index is 0.0527. The molecule has 0 saturated carbocycles. The number of aliphatic carboxylic acids is 1. The number of carboxylic acids is 1. The largest absolute Gasteiger partial charge is 0.480 e. The zero-order chi connectivity index (χ0) is 16.6. The van der Waals surface area contributed by atoms with E-state index >= 15 is 0 Å². The van der Waals surface area contributed by atoms with Crippen molar-refractivity contribution in [2.45, 2.75) is 12.5 Å². The zero-order valence-corrected chi connectivity index (χ0v) is 12.1. The summed E-state index contributed by atoms with van der Waals surface area (Å²) < 4.78 is 0. The van der Waals surface area contributed by atoms with Gasteiger partial charge in [-0.15, -0.1) is 0 Å². The number of nitrogen functional groups attached to an aromatic ring is 1. The number of fused-ring (bicyclic) bond motifs is 1. The van der Waals surface area contributed by atoms with Crippen LogP contribution in [0.5, 0.6) is 0 Å². The minimum atomic E-state index is -1.26. The summed E-state index contributed by atoms with van der Waals surface area (Å²) in [4.78, 5) is 37.4. The van der Waals surface area contributed by atoms with E-state index in [4.69, 9.17) is 5.73 Å². The number of anilines is 1. The fourth-order valence-corrected chi connectivity index (χ4v) is 2.69. The van der Waals surface area contributed by atoms with E-state index in [1.165, 1.54) is 18.2 Å². The molecular formula is C17H14N2O4. The Labute approximate surface area is 132 Å². The lowest BCUT2D eigenvalue weighted by molar-refractivity contribution is -0.141. The fraction of sp³-hybridized carbons (Fsp3) is 0.118. The van der Waals surface area contributed by atoms with Crippen LogP contribution in [0.15, 0.2) is 48.5 Å². The van der Waals surface area contributed by atoms with Crippen LogP contribution in [-0.4, -0.2) is 33.8 Å². The number of carboxylic acid groups (broad SMARTS) is 1. The summed E-state index contributed by atoms with van der Waals surface area (Å²) in [7, 11) is 0. The van der Waals surface area contributed by atoms with Gasteiger partial charge in [0, 0.05) is 12.1 Å². The Morgan fingerprint density at radius 3 is 2.35 bits per heavy atom. The zero-order valence-electron chi connectivity index (χ0n) is 12.1. The molecule has 2 aromatic rings. The highest BCUT2D eigenvalue weighted by Crippen LogP contribution is 2.27. The van der Waals surface area contributed by atoms with Crippen LogP contribution in [0.2, 0.25) is 0 Å². The minimum Gasteiger partial charge on any atom is -0.480 e. The second-order valence-electron chi connectivity index (χ2n) is 5.33. The molecule has 23 heavy (non-hydrogen) atoms. The highest BCUT2D eigenvalue weighted by molar-refractivity contribution is 6.23. The molecule has 0 bridgehead atoms. The molecule has 1 aliphatic heterocycles. The second-order valence-corrected chi connectivity index (χ2v) is 5.33. The van der Waals surface area contributed by atoms with Crippen molar-refractivity contribution in [3.05, 3.63) is 65.2 Å². The molecule has 1 atom stereocenters. The second kappa shape index (κ2) is 5.57. The van der Waals surface area contributed by atoms with Crippen LogP contribution >= 0.6 is 0 Å². The molecule has 1 aliphatic rings. The molecule has 116 valence electrons. The van der Waals surface area contributed by atoms with Crippen molar-refractivity contribution >= 4 is 23.5 Å². The molecule has 3 rings (SSSR count). The van der Waals surface area contributed by atoms with Gasteiger partial charge in [0.15, 0.2) is 0 Å². The number of nitrogens with two attached hydrogens (primary N) is 1. The number of carbonyl (C=O) groups excluding carboxylic acids is 2. The normalized spacial score (nSPS) is 14.7. The first-order valence-corrected chi connectivity index (χ1v) is 7.03. The van der Waals surface area contributed by atoms with Crippen molar-refractivity contribution in [3.63, 3.8) is 0 Å². The molecule has 6 nitrogen and oxygen atoms in total. The Hall–Kier alpha value is -3.15. The molecule has 3 N–H and O–H groups in total. The summed E-state index contributed by atoms with van der Waals surface area (Å²) in [6.07, 6.45) is 0.0527. The number of rotatable bonds is 4. The molecule has 1 unspecified atom stereocenters. The van der Waals surface area contributed by atoms with E-state index in [9.17, 15) is 19.5 Å². The van der Waals surface area contributed by atoms with Crippen molar-refractivity contribution in [2.75, 3.05) is 5.73 Å². The molecule has 0 aromatic heterocycles. The van der Waals surface area contributed by atoms with E-state index < -0.39 is 23.8 Å². The summed E-state index contributed by atoms with van der Waals surface area (Å²) in [5.41, 5.74) is 7.06.